The number of aliphatic carboxylic acids is 1. The first-order valence-corrected chi connectivity index (χ1v) is 8.24. The fourth-order valence-electron chi connectivity index (χ4n) is 2.41. The van der Waals surface area contributed by atoms with E-state index < -0.39 is 11.8 Å². The van der Waals surface area contributed by atoms with Gasteiger partial charge in [-0.3, -0.25) is 0 Å². The van der Waals surface area contributed by atoms with Crippen LogP contribution in [0.1, 0.15) is 38.7 Å². The molecule has 6 nitrogen and oxygen atoms in total. The van der Waals surface area contributed by atoms with Gasteiger partial charge in [0, 0.05) is 12.8 Å². The van der Waals surface area contributed by atoms with Gasteiger partial charge in [-0.25, -0.2) is 4.79 Å². The quantitative estimate of drug-likeness (QED) is 0.449. The molecular formula is C18H25NO5. The number of unbranched alkanes of at least 4 members (excludes halogenated alkanes) is 1. The molecule has 1 fully saturated rings. The van der Waals surface area contributed by atoms with Crippen molar-refractivity contribution in [3.63, 3.8) is 0 Å². The van der Waals surface area contributed by atoms with Crippen LogP contribution in [0.4, 0.5) is 0 Å². The van der Waals surface area contributed by atoms with Crippen molar-refractivity contribution in [1.29, 1.82) is 0 Å². The lowest BCUT2D eigenvalue weighted by atomic mass is 10.0. The SMILES string of the molecule is C/C(=N/OCCCCC1COC(C)(C(=O)O)OC1)c1ccccc1. The van der Waals surface area contributed by atoms with Crippen molar-refractivity contribution in [3.8, 4) is 0 Å². The minimum Gasteiger partial charge on any atom is -0.477 e. The summed E-state index contributed by atoms with van der Waals surface area (Å²) in [5.74, 6) is -2.35. The maximum absolute atomic E-state index is 11.0. The van der Waals surface area contributed by atoms with Crippen LogP contribution in [0.15, 0.2) is 35.5 Å². The molecule has 1 heterocycles. The molecule has 132 valence electrons. The molecule has 1 aromatic carbocycles. The third-order valence-corrected chi connectivity index (χ3v) is 4.07. The molecule has 1 aliphatic rings. The van der Waals surface area contributed by atoms with E-state index in [0.717, 1.165) is 30.5 Å². The minimum atomic E-state index is -1.50. The van der Waals surface area contributed by atoms with Crippen LogP contribution in [-0.2, 0) is 19.1 Å². The first-order valence-electron chi connectivity index (χ1n) is 8.24. The first-order chi connectivity index (χ1) is 11.5. The number of carboxylic acid groups (broad SMARTS) is 1. The largest absolute Gasteiger partial charge is 0.477 e. The first kappa shape index (κ1) is 18.4. The molecule has 6 heteroatoms. The lowest BCUT2D eigenvalue weighted by molar-refractivity contribution is -0.271. The van der Waals surface area contributed by atoms with E-state index >= 15 is 0 Å². The van der Waals surface area contributed by atoms with Crippen LogP contribution < -0.4 is 0 Å². The van der Waals surface area contributed by atoms with E-state index in [1.165, 1.54) is 6.92 Å². The number of rotatable bonds is 8. The standard InChI is InChI=1S/C18H25NO5/c1-14(16-9-4-3-5-10-16)19-24-11-7-6-8-15-12-22-18(2,17(20)21)23-13-15/h3-5,9-10,15H,6-8,11-13H2,1-2H3,(H,20,21)/b19-14-. The van der Waals surface area contributed by atoms with E-state index in [2.05, 4.69) is 5.16 Å². The van der Waals surface area contributed by atoms with Gasteiger partial charge in [-0.1, -0.05) is 35.5 Å². The summed E-state index contributed by atoms with van der Waals surface area (Å²) >= 11 is 0. The average Bonchev–Trinajstić information content (AvgIpc) is 2.60. The molecule has 0 aromatic heterocycles. The highest BCUT2D eigenvalue weighted by Gasteiger charge is 2.40. The highest BCUT2D eigenvalue weighted by Crippen LogP contribution is 2.24. The lowest BCUT2D eigenvalue weighted by Gasteiger charge is -2.34. The Bertz CT molecular complexity index is 550. The Morgan fingerprint density at radius 1 is 1.29 bits per heavy atom. The summed E-state index contributed by atoms with van der Waals surface area (Å²) in [4.78, 5) is 16.3. The number of carbonyl (C=O) groups is 1. The summed E-state index contributed by atoms with van der Waals surface area (Å²) in [7, 11) is 0. The van der Waals surface area contributed by atoms with Gasteiger partial charge in [-0.15, -0.1) is 0 Å². The normalized spacial score (nSPS) is 24.6. The van der Waals surface area contributed by atoms with Gasteiger partial charge in [0.05, 0.1) is 18.9 Å². The Morgan fingerprint density at radius 2 is 1.96 bits per heavy atom. The van der Waals surface area contributed by atoms with Gasteiger partial charge >= 0.3 is 5.97 Å². The third-order valence-electron chi connectivity index (χ3n) is 4.07. The molecule has 1 aliphatic heterocycles. The molecule has 1 N–H and O–H groups in total. The van der Waals surface area contributed by atoms with Crippen LogP contribution in [0.2, 0.25) is 0 Å². The zero-order chi connectivity index (χ0) is 17.4. The van der Waals surface area contributed by atoms with E-state index in [1.807, 2.05) is 37.3 Å². The summed E-state index contributed by atoms with van der Waals surface area (Å²) in [5.41, 5.74) is 1.91. The van der Waals surface area contributed by atoms with E-state index in [-0.39, 0.29) is 5.92 Å². The molecule has 1 saturated heterocycles. The van der Waals surface area contributed by atoms with Gasteiger partial charge in [0.25, 0.3) is 5.79 Å². The Labute approximate surface area is 142 Å². The van der Waals surface area contributed by atoms with Gasteiger partial charge in [-0.05, 0) is 31.7 Å². The third kappa shape index (κ3) is 5.32. The molecule has 0 amide bonds. The zero-order valence-corrected chi connectivity index (χ0v) is 14.2. The summed E-state index contributed by atoms with van der Waals surface area (Å²) in [6, 6.07) is 9.90. The van der Waals surface area contributed by atoms with E-state index in [9.17, 15) is 4.79 Å². The van der Waals surface area contributed by atoms with Crippen molar-refractivity contribution >= 4 is 11.7 Å². The van der Waals surface area contributed by atoms with Gasteiger partial charge in [0.1, 0.15) is 6.61 Å². The van der Waals surface area contributed by atoms with Gasteiger partial charge in [0.15, 0.2) is 0 Å². The van der Waals surface area contributed by atoms with Crippen LogP contribution in [-0.4, -0.2) is 42.4 Å². The number of nitrogens with zero attached hydrogens (tertiary/aromatic N) is 1. The van der Waals surface area contributed by atoms with Crippen molar-refractivity contribution in [3.05, 3.63) is 35.9 Å². The van der Waals surface area contributed by atoms with Crippen molar-refractivity contribution < 1.29 is 24.2 Å². The molecule has 0 unspecified atom stereocenters. The Balaban J connectivity index is 1.59. The van der Waals surface area contributed by atoms with Gasteiger partial charge in [0.2, 0.25) is 0 Å². The smallest absolute Gasteiger partial charge is 0.364 e. The zero-order valence-electron chi connectivity index (χ0n) is 14.2. The fourth-order valence-corrected chi connectivity index (χ4v) is 2.41. The second-order valence-corrected chi connectivity index (χ2v) is 6.11. The van der Waals surface area contributed by atoms with Crippen molar-refractivity contribution in [2.75, 3.05) is 19.8 Å². The monoisotopic (exact) mass is 335 g/mol. The molecule has 1 aromatic rings. The minimum absolute atomic E-state index is 0.229. The predicted molar refractivity (Wildman–Crippen MR) is 89.9 cm³/mol. The summed E-state index contributed by atoms with van der Waals surface area (Å²) in [6.07, 6.45) is 2.76. The van der Waals surface area contributed by atoms with Crippen molar-refractivity contribution in [1.82, 2.24) is 0 Å². The molecule has 0 atom stereocenters. The molecule has 0 aliphatic carbocycles. The maximum atomic E-state index is 11.0. The molecule has 24 heavy (non-hydrogen) atoms. The highest BCUT2D eigenvalue weighted by molar-refractivity contribution is 5.98. The number of benzene rings is 1. The topological polar surface area (TPSA) is 77.4 Å². The molecule has 0 saturated carbocycles. The number of carboxylic acids is 1. The molecule has 0 bridgehead atoms. The van der Waals surface area contributed by atoms with Crippen molar-refractivity contribution in [2.24, 2.45) is 11.1 Å². The number of oxime groups is 1. The summed E-state index contributed by atoms with van der Waals surface area (Å²) in [5, 5.41) is 13.1. The number of ether oxygens (including phenoxy) is 2. The van der Waals surface area contributed by atoms with E-state index in [1.54, 1.807) is 0 Å². The van der Waals surface area contributed by atoms with Crippen LogP contribution in [0.25, 0.3) is 0 Å². The maximum Gasteiger partial charge on any atom is 0.364 e. The van der Waals surface area contributed by atoms with Crippen LogP contribution >= 0.6 is 0 Å². The van der Waals surface area contributed by atoms with Crippen LogP contribution in [0.3, 0.4) is 0 Å². The Kier molecular flexibility index (Phi) is 6.75. The van der Waals surface area contributed by atoms with Crippen LogP contribution in [0, 0.1) is 5.92 Å². The average molecular weight is 335 g/mol. The second kappa shape index (κ2) is 8.80. The van der Waals surface area contributed by atoms with E-state index in [4.69, 9.17) is 19.4 Å². The summed E-state index contributed by atoms with van der Waals surface area (Å²) in [6.45, 7) is 4.74. The van der Waals surface area contributed by atoms with Crippen LogP contribution in [0.5, 0.6) is 0 Å². The lowest BCUT2D eigenvalue weighted by Crippen LogP contribution is -2.47. The summed E-state index contributed by atoms with van der Waals surface area (Å²) < 4.78 is 10.6. The number of hydrogen-bond acceptors (Lipinski definition) is 5. The van der Waals surface area contributed by atoms with Crippen molar-refractivity contribution in [2.45, 2.75) is 38.9 Å². The highest BCUT2D eigenvalue weighted by atomic mass is 16.7. The van der Waals surface area contributed by atoms with Gasteiger partial charge < -0.3 is 19.4 Å². The molecular weight excluding hydrogens is 310 g/mol. The Hall–Kier alpha value is -1.92. The predicted octanol–water partition coefficient (Wildman–Crippen LogP) is 3.06. The Morgan fingerprint density at radius 3 is 2.58 bits per heavy atom. The fraction of sp³-hybridized carbons (Fsp3) is 0.556. The number of hydrogen-bond donors (Lipinski definition) is 1. The molecule has 0 spiro atoms. The molecule has 2 rings (SSSR count). The second-order valence-electron chi connectivity index (χ2n) is 6.11. The molecule has 0 radical (unpaired) electrons. The van der Waals surface area contributed by atoms with Gasteiger partial charge in [-0.2, -0.15) is 0 Å². The van der Waals surface area contributed by atoms with E-state index in [0.29, 0.717) is 19.8 Å².